The van der Waals surface area contributed by atoms with Crippen LogP contribution >= 0.6 is 0 Å². The number of hydrogen-bond donors (Lipinski definition) is 3. The number of aromatic amines is 1. The molecule has 0 aromatic carbocycles. The molecule has 1 saturated heterocycles. The molecule has 3 heterocycles. The van der Waals surface area contributed by atoms with E-state index in [0.29, 0.717) is 24.1 Å². The van der Waals surface area contributed by atoms with Crippen molar-refractivity contribution in [3.05, 3.63) is 52.1 Å². The quantitative estimate of drug-likeness (QED) is 0.525. The van der Waals surface area contributed by atoms with Crippen LogP contribution in [0.25, 0.3) is 0 Å². The first-order chi connectivity index (χ1) is 16.4. The standard InChI is InChI=1S/C25H32F2N4O4/c1-15(22(32)30-21-7-6-18(12-28-21)35-14-16-4-5-16)31-9-8-25(26,27)20(13-31)17-10-19(24(2,3)34)23(33)29-11-17/h6-7,10-12,15-16,20,34H,4-5,8-9,13-14H2,1-3H3,(H,29,33)(H,28,30,32). The first-order valence-electron chi connectivity index (χ1n) is 11.9. The van der Waals surface area contributed by atoms with Crippen LogP contribution in [0.3, 0.4) is 0 Å². The SMILES string of the molecule is CC(C(=O)Nc1ccc(OCC2CC2)cn1)N1CCC(F)(F)C(c2c[nH]c(=O)c(C(C)(C)O)c2)C1. The molecule has 3 N–H and O–H groups in total. The second-order valence-corrected chi connectivity index (χ2v) is 10.1. The average molecular weight is 491 g/mol. The maximum absolute atomic E-state index is 14.9. The molecule has 2 fully saturated rings. The van der Waals surface area contributed by atoms with Crippen molar-refractivity contribution >= 4 is 11.7 Å². The lowest BCUT2D eigenvalue weighted by Crippen LogP contribution is -2.52. The Labute approximate surface area is 202 Å². The summed E-state index contributed by atoms with van der Waals surface area (Å²) in [6, 6.07) is 4.04. The number of rotatable bonds is 8. The number of aromatic nitrogens is 2. The van der Waals surface area contributed by atoms with E-state index in [9.17, 15) is 23.5 Å². The van der Waals surface area contributed by atoms with Crippen molar-refractivity contribution in [3.8, 4) is 5.75 Å². The first-order valence-corrected chi connectivity index (χ1v) is 11.9. The Morgan fingerprint density at radius 3 is 2.77 bits per heavy atom. The highest BCUT2D eigenvalue weighted by Gasteiger charge is 2.46. The van der Waals surface area contributed by atoms with Gasteiger partial charge in [0.05, 0.1) is 30.4 Å². The monoisotopic (exact) mass is 490 g/mol. The molecule has 8 nitrogen and oxygen atoms in total. The molecule has 10 heteroatoms. The summed E-state index contributed by atoms with van der Waals surface area (Å²) in [6.45, 7) is 5.15. The number of piperidine rings is 1. The third-order valence-corrected chi connectivity index (χ3v) is 6.74. The molecule has 35 heavy (non-hydrogen) atoms. The molecule has 2 atom stereocenters. The number of carbonyl (C=O) groups is 1. The number of aliphatic hydroxyl groups is 1. The van der Waals surface area contributed by atoms with Gasteiger partial charge in [-0.1, -0.05) is 0 Å². The summed E-state index contributed by atoms with van der Waals surface area (Å²) in [5.41, 5.74) is -1.77. The summed E-state index contributed by atoms with van der Waals surface area (Å²) in [5.74, 6) is -3.02. The molecule has 0 spiro atoms. The molecule has 2 unspecified atom stereocenters. The van der Waals surface area contributed by atoms with Crippen molar-refractivity contribution in [2.45, 2.75) is 63.5 Å². The van der Waals surface area contributed by atoms with E-state index in [-0.39, 0.29) is 30.1 Å². The van der Waals surface area contributed by atoms with E-state index in [4.69, 9.17) is 4.74 Å². The number of nitrogens with one attached hydrogen (secondary N) is 2. The fourth-order valence-corrected chi connectivity index (χ4v) is 4.22. The number of nitrogens with zero attached hydrogens (tertiary/aromatic N) is 2. The molecule has 4 rings (SSSR count). The molecule has 2 aliphatic rings. The second kappa shape index (κ2) is 9.66. The van der Waals surface area contributed by atoms with Crippen molar-refractivity contribution in [1.82, 2.24) is 14.9 Å². The van der Waals surface area contributed by atoms with Crippen LogP contribution in [0, 0.1) is 5.92 Å². The van der Waals surface area contributed by atoms with Gasteiger partial charge in [-0.15, -0.1) is 0 Å². The molecule has 0 radical (unpaired) electrons. The van der Waals surface area contributed by atoms with Gasteiger partial charge in [-0.05, 0) is 63.3 Å². The highest BCUT2D eigenvalue weighted by molar-refractivity contribution is 5.93. The van der Waals surface area contributed by atoms with Crippen LogP contribution in [0.4, 0.5) is 14.6 Å². The van der Waals surface area contributed by atoms with Gasteiger partial charge in [-0.25, -0.2) is 13.8 Å². The molecular weight excluding hydrogens is 458 g/mol. The summed E-state index contributed by atoms with van der Waals surface area (Å²) in [5, 5.41) is 13.0. The predicted molar refractivity (Wildman–Crippen MR) is 127 cm³/mol. The van der Waals surface area contributed by atoms with Gasteiger partial charge in [0.15, 0.2) is 0 Å². The van der Waals surface area contributed by atoms with Gasteiger partial charge >= 0.3 is 0 Å². The summed E-state index contributed by atoms with van der Waals surface area (Å²) in [7, 11) is 0. The normalized spacial score (nSPS) is 21.4. The molecule has 190 valence electrons. The number of pyridine rings is 2. The smallest absolute Gasteiger partial charge is 0.257 e. The third kappa shape index (κ3) is 6.05. The Kier molecular flexibility index (Phi) is 6.97. The molecule has 1 aliphatic carbocycles. The van der Waals surface area contributed by atoms with E-state index in [0.717, 1.165) is 0 Å². The summed E-state index contributed by atoms with van der Waals surface area (Å²) >= 11 is 0. The third-order valence-electron chi connectivity index (χ3n) is 6.74. The number of likely N-dealkylation sites (tertiary alicyclic amines) is 1. The predicted octanol–water partition coefficient (Wildman–Crippen LogP) is 3.24. The first kappa shape index (κ1) is 25.2. The number of ether oxygens (including phenoxy) is 1. The van der Waals surface area contributed by atoms with Gasteiger partial charge < -0.3 is 20.1 Å². The second-order valence-electron chi connectivity index (χ2n) is 10.1. The van der Waals surface area contributed by atoms with Gasteiger partial charge in [0.1, 0.15) is 11.6 Å². The van der Waals surface area contributed by atoms with Gasteiger partial charge in [0, 0.05) is 31.3 Å². The molecular formula is C25H32F2N4O4. The van der Waals surface area contributed by atoms with E-state index >= 15 is 0 Å². The van der Waals surface area contributed by atoms with Crippen LogP contribution in [-0.2, 0) is 10.4 Å². The number of H-pyrrole nitrogens is 1. The Morgan fingerprint density at radius 1 is 1.40 bits per heavy atom. The zero-order valence-electron chi connectivity index (χ0n) is 20.2. The van der Waals surface area contributed by atoms with Crippen molar-refractivity contribution in [2.24, 2.45) is 5.92 Å². The number of halogens is 2. The van der Waals surface area contributed by atoms with Crippen LogP contribution < -0.4 is 15.6 Å². The zero-order valence-corrected chi connectivity index (χ0v) is 20.2. The molecule has 1 saturated carbocycles. The zero-order chi connectivity index (χ0) is 25.4. The summed E-state index contributed by atoms with van der Waals surface area (Å²) in [6.07, 6.45) is 4.76. The van der Waals surface area contributed by atoms with Crippen molar-refractivity contribution in [2.75, 3.05) is 25.0 Å². The lowest BCUT2D eigenvalue weighted by molar-refractivity contribution is -0.125. The number of anilines is 1. The minimum Gasteiger partial charge on any atom is -0.492 e. The van der Waals surface area contributed by atoms with Gasteiger partial charge in [-0.3, -0.25) is 14.5 Å². The highest BCUT2D eigenvalue weighted by atomic mass is 19.3. The summed E-state index contributed by atoms with van der Waals surface area (Å²) in [4.78, 5) is 33.3. The largest absolute Gasteiger partial charge is 0.492 e. The number of carbonyl (C=O) groups excluding carboxylic acids is 1. The van der Waals surface area contributed by atoms with Gasteiger partial charge in [-0.2, -0.15) is 0 Å². The van der Waals surface area contributed by atoms with Gasteiger partial charge in [0.2, 0.25) is 5.91 Å². The fraction of sp³-hybridized carbons (Fsp3) is 0.560. The fourth-order valence-electron chi connectivity index (χ4n) is 4.22. The Hall–Kier alpha value is -2.85. The van der Waals surface area contributed by atoms with Crippen LogP contribution in [0.2, 0.25) is 0 Å². The average Bonchev–Trinajstić information content (AvgIpc) is 3.62. The highest BCUT2D eigenvalue weighted by Crippen LogP contribution is 2.41. The topological polar surface area (TPSA) is 108 Å². The van der Waals surface area contributed by atoms with E-state index in [1.165, 1.54) is 39.0 Å². The molecule has 1 amide bonds. The Morgan fingerprint density at radius 2 is 2.14 bits per heavy atom. The lowest BCUT2D eigenvalue weighted by Gasteiger charge is -2.41. The number of alkyl halides is 2. The van der Waals surface area contributed by atoms with Crippen LogP contribution in [-0.4, -0.2) is 57.5 Å². The lowest BCUT2D eigenvalue weighted by atomic mass is 9.85. The Balaban J connectivity index is 1.43. The van der Waals surface area contributed by atoms with E-state index in [1.807, 2.05) is 0 Å². The molecule has 2 aromatic rings. The Bertz CT molecular complexity index is 1110. The van der Waals surface area contributed by atoms with Crippen molar-refractivity contribution in [3.63, 3.8) is 0 Å². The summed E-state index contributed by atoms with van der Waals surface area (Å²) < 4.78 is 35.5. The molecule has 0 bridgehead atoms. The van der Waals surface area contributed by atoms with Gasteiger partial charge in [0.25, 0.3) is 11.5 Å². The maximum atomic E-state index is 14.9. The number of hydrogen-bond acceptors (Lipinski definition) is 6. The molecule has 1 aliphatic heterocycles. The van der Waals surface area contributed by atoms with Crippen LogP contribution in [0.5, 0.6) is 5.75 Å². The minimum atomic E-state index is -3.03. The molecule has 2 aromatic heterocycles. The van der Waals surface area contributed by atoms with Crippen molar-refractivity contribution < 1.29 is 23.4 Å². The van der Waals surface area contributed by atoms with E-state index in [2.05, 4.69) is 15.3 Å². The van der Waals surface area contributed by atoms with Crippen LogP contribution in [0.15, 0.2) is 35.4 Å². The number of amides is 1. The van der Waals surface area contributed by atoms with E-state index < -0.39 is 35.5 Å². The van der Waals surface area contributed by atoms with Crippen molar-refractivity contribution in [1.29, 1.82) is 0 Å². The van der Waals surface area contributed by atoms with Crippen LogP contribution in [0.1, 0.15) is 57.1 Å². The minimum absolute atomic E-state index is 0.0179. The maximum Gasteiger partial charge on any atom is 0.257 e. The van der Waals surface area contributed by atoms with E-state index in [1.54, 1.807) is 30.2 Å².